The Labute approximate surface area is 97.9 Å². The topological polar surface area (TPSA) is 9.23 Å². The number of rotatable bonds is 0. The number of ether oxygens (including phenoxy) is 1. The van der Waals surface area contributed by atoms with Crippen molar-refractivity contribution in [3.8, 4) is 5.75 Å². The molecule has 1 aliphatic rings. The maximum absolute atomic E-state index is 5.24. The van der Waals surface area contributed by atoms with E-state index in [1.165, 1.54) is 5.56 Å². The van der Waals surface area contributed by atoms with Crippen LogP contribution >= 0.6 is 0 Å². The quantitative estimate of drug-likeness (QED) is 0.678. The Balaban J connectivity index is 0.000000605. The summed E-state index contributed by atoms with van der Waals surface area (Å²) in [6, 6.07) is 8.08. The molecule has 0 bridgehead atoms. The van der Waals surface area contributed by atoms with Gasteiger partial charge in [0.15, 0.2) is 0 Å². The molecule has 0 spiro atoms. The van der Waals surface area contributed by atoms with Crippen molar-refractivity contribution in [3.63, 3.8) is 0 Å². The van der Waals surface area contributed by atoms with E-state index in [2.05, 4.69) is 6.07 Å². The number of hydrogen-bond acceptors (Lipinski definition) is 1. The third-order valence-electron chi connectivity index (χ3n) is 1.60. The molecule has 2 radical (unpaired) electrons. The monoisotopic (exact) mass is 372 g/mol. The standard InChI is InChI=1S/C9H8O.Co.Ta/c1-2-6-9-8(4-1)5-3-7-10-9;;/h1-4,6-7H,5H2;;. The summed E-state index contributed by atoms with van der Waals surface area (Å²) in [5, 5.41) is 0. The molecule has 0 fully saturated rings. The molecule has 0 saturated heterocycles. The summed E-state index contributed by atoms with van der Waals surface area (Å²) < 4.78 is 5.24. The second-order valence-electron chi connectivity index (χ2n) is 2.30. The maximum Gasteiger partial charge on any atom is 0.130 e. The predicted octanol–water partition coefficient (Wildman–Crippen LogP) is 2.13. The van der Waals surface area contributed by atoms with Crippen LogP contribution in [0.4, 0.5) is 0 Å². The molecule has 3 heteroatoms. The number of para-hydroxylation sites is 1. The van der Waals surface area contributed by atoms with Crippen molar-refractivity contribution in [2.45, 2.75) is 6.42 Å². The second kappa shape index (κ2) is 5.62. The van der Waals surface area contributed by atoms with Crippen molar-refractivity contribution in [1.82, 2.24) is 0 Å². The van der Waals surface area contributed by atoms with E-state index in [1.54, 1.807) is 6.26 Å². The van der Waals surface area contributed by atoms with Crippen LogP contribution in [-0.4, -0.2) is 0 Å². The van der Waals surface area contributed by atoms with Gasteiger partial charge in [0.05, 0.1) is 6.26 Å². The first-order valence-electron chi connectivity index (χ1n) is 3.36. The van der Waals surface area contributed by atoms with Gasteiger partial charge in [-0.15, -0.1) is 0 Å². The smallest absolute Gasteiger partial charge is 0.130 e. The van der Waals surface area contributed by atoms with E-state index in [4.69, 9.17) is 4.74 Å². The Kier molecular flexibility index (Phi) is 5.62. The molecule has 0 aliphatic carbocycles. The molecule has 1 aromatic rings. The Hall–Kier alpha value is 0.00675. The molecule has 1 aliphatic heterocycles. The summed E-state index contributed by atoms with van der Waals surface area (Å²) in [4.78, 5) is 0. The van der Waals surface area contributed by atoms with Gasteiger partial charge in [-0.2, -0.15) is 0 Å². The van der Waals surface area contributed by atoms with Gasteiger partial charge in [0, 0.05) is 39.2 Å². The molecule has 1 aromatic carbocycles. The summed E-state index contributed by atoms with van der Waals surface area (Å²) in [6.45, 7) is 0. The Morgan fingerprint density at radius 3 is 2.67 bits per heavy atom. The fraction of sp³-hybridized carbons (Fsp3) is 0.111. The molecular weight excluding hydrogens is 364 g/mol. The number of allylic oxidation sites excluding steroid dienone is 1. The van der Waals surface area contributed by atoms with Crippen LogP contribution in [0.15, 0.2) is 36.6 Å². The van der Waals surface area contributed by atoms with Crippen LogP contribution in [0.1, 0.15) is 5.56 Å². The molecule has 0 aromatic heterocycles. The van der Waals surface area contributed by atoms with Gasteiger partial charge in [0.2, 0.25) is 0 Å². The number of hydrogen-bond donors (Lipinski definition) is 0. The average molecular weight is 372 g/mol. The molecule has 1 nitrogen and oxygen atoms in total. The van der Waals surface area contributed by atoms with Crippen molar-refractivity contribution >= 4 is 0 Å². The van der Waals surface area contributed by atoms with E-state index in [0.29, 0.717) is 0 Å². The van der Waals surface area contributed by atoms with Crippen LogP contribution < -0.4 is 4.74 Å². The van der Waals surface area contributed by atoms with Gasteiger partial charge in [0.25, 0.3) is 0 Å². The van der Waals surface area contributed by atoms with E-state index in [0.717, 1.165) is 12.2 Å². The van der Waals surface area contributed by atoms with Gasteiger partial charge in [-0.1, -0.05) is 18.2 Å². The van der Waals surface area contributed by atoms with Gasteiger partial charge in [-0.25, -0.2) is 0 Å². The number of benzene rings is 1. The molecular formula is C9H8CoOTa. The summed E-state index contributed by atoms with van der Waals surface area (Å²) in [6.07, 6.45) is 4.75. The van der Waals surface area contributed by atoms with Crippen molar-refractivity contribution in [2.24, 2.45) is 0 Å². The van der Waals surface area contributed by atoms with Crippen LogP contribution in [0.25, 0.3) is 0 Å². The largest absolute Gasteiger partial charge is 0.465 e. The summed E-state index contributed by atoms with van der Waals surface area (Å²) >= 11 is 0. The zero-order chi connectivity index (χ0) is 6.81. The minimum atomic E-state index is 0. The normalized spacial score (nSPS) is 11.7. The van der Waals surface area contributed by atoms with E-state index >= 15 is 0 Å². The Bertz CT molecular complexity index is 246. The molecule has 2 rings (SSSR count). The second-order valence-corrected chi connectivity index (χ2v) is 2.30. The Morgan fingerprint density at radius 1 is 1.17 bits per heavy atom. The van der Waals surface area contributed by atoms with Crippen LogP contribution in [0, 0.1) is 0 Å². The molecule has 0 amide bonds. The van der Waals surface area contributed by atoms with Gasteiger partial charge in [-0.05, 0) is 24.1 Å². The molecule has 12 heavy (non-hydrogen) atoms. The van der Waals surface area contributed by atoms with Crippen molar-refractivity contribution in [3.05, 3.63) is 42.2 Å². The fourth-order valence-electron chi connectivity index (χ4n) is 1.08. The van der Waals surface area contributed by atoms with E-state index in [1.807, 2.05) is 24.3 Å². The summed E-state index contributed by atoms with van der Waals surface area (Å²) in [5.74, 6) is 0.991. The van der Waals surface area contributed by atoms with Gasteiger partial charge >= 0.3 is 0 Å². The molecule has 0 N–H and O–H groups in total. The van der Waals surface area contributed by atoms with Crippen molar-refractivity contribution in [2.75, 3.05) is 0 Å². The first-order valence-corrected chi connectivity index (χ1v) is 3.36. The predicted molar refractivity (Wildman–Crippen MR) is 39.9 cm³/mol. The van der Waals surface area contributed by atoms with Gasteiger partial charge < -0.3 is 4.74 Å². The number of fused-ring (bicyclic) bond motifs is 1. The third-order valence-corrected chi connectivity index (χ3v) is 1.60. The van der Waals surface area contributed by atoms with Crippen LogP contribution in [-0.2, 0) is 45.6 Å². The maximum atomic E-state index is 5.24. The van der Waals surface area contributed by atoms with Gasteiger partial charge in [-0.3, -0.25) is 0 Å². The fourth-order valence-corrected chi connectivity index (χ4v) is 1.08. The van der Waals surface area contributed by atoms with Crippen LogP contribution in [0.2, 0.25) is 0 Å². The molecule has 0 unspecified atom stereocenters. The SMILES string of the molecule is C1=COc2ccccc2C1.[Co].[Ta]. The summed E-state index contributed by atoms with van der Waals surface area (Å²) in [5.41, 5.74) is 1.27. The molecule has 64 valence electrons. The third kappa shape index (κ3) is 2.50. The minimum absolute atomic E-state index is 0. The van der Waals surface area contributed by atoms with E-state index in [-0.39, 0.29) is 39.2 Å². The zero-order valence-corrected chi connectivity index (χ0v) is 10.6. The summed E-state index contributed by atoms with van der Waals surface area (Å²) in [7, 11) is 0. The molecule has 0 saturated carbocycles. The average Bonchev–Trinajstić information content (AvgIpc) is 2.05. The van der Waals surface area contributed by atoms with E-state index in [9.17, 15) is 0 Å². The van der Waals surface area contributed by atoms with Crippen molar-refractivity contribution in [1.29, 1.82) is 0 Å². The van der Waals surface area contributed by atoms with E-state index < -0.39 is 0 Å². The first kappa shape index (κ1) is 12.0. The van der Waals surface area contributed by atoms with Gasteiger partial charge in [0.1, 0.15) is 5.75 Å². The first-order chi connectivity index (χ1) is 4.97. The Morgan fingerprint density at radius 2 is 1.92 bits per heavy atom. The zero-order valence-electron chi connectivity index (χ0n) is 6.36. The van der Waals surface area contributed by atoms with Crippen LogP contribution in [0.5, 0.6) is 5.75 Å². The van der Waals surface area contributed by atoms with Crippen molar-refractivity contribution < 1.29 is 43.9 Å². The van der Waals surface area contributed by atoms with Crippen LogP contribution in [0.3, 0.4) is 0 Å². The minimum Gasteiger partial charge on any atom is -0.465 e. The molecule has 1 heterocycles. The molecule has 0 atom stereocenters.